The summed E-state index contributed by atoms with van der Waals surface area (Å²) in [5.74, 6) is 1.22. The van der Waals surface area contributed by atoms with E-state index in [1.165, 1.54) is 32.1 Å². The van der Waals surface area contributed by atoms with Gasteiger partial charge >= 0.3 is 0 Å². The molecule has 0 fully saturated rings. The molecule has 1 rings (SSSR count). The van der Waals surface area contributed by atoms with E-state index in [1.807, 2.05) is 18.2 Å². The highest BCUT2D eigenvalue weighted by molar-refractivity contribution is 5.33. The van der Waals surface area contributed by atoms with Crippen LogP contribution < -0.4 is 5.32 Å². The average molecular weight is 263 g/mol. The fourth-order valence-corrected chi connectivity index (χ4v) is 2.31. The molecule has 0 spiro atoms. The minimum Gasteiger partial charge on any atom is -0.508 e. The molecule has 1 atom stereocenters. The number of unbranched alkanes of at least 4 members (excludes halogenated alkanes) is 3. The van der Waals surface area contributed by atoms with E-state index < -0.39 is 0 Å². The molecular weight excluding hydrogens is 234 g/mol. The van der Waals surface area contributed by atoms with E-state index >= 15 is 0 Å². The Bertz CT molecular complexity index is 349. The molecule has 0 amide bonds. The van der Waals surface area contributed by atoms with Gasteiger partial charge in [-0.1, -0.05) is 57.7 Å². The van der Waals surface area contributed by atoms with E-state index in [2.05, 4.69) is 26.1 Å². The second kappa shape index (κ2) is 8.98. The molecule has 1 aromatic rings. The molecule has 0 radical (unpaired) electrons. The maximum Gasteiger partial charge on any atom is 0.120 e. The summed E-state index contributed by atoms with van der Waals surface area (Å²) in [6, 6.07) is 7.78. The summed E-state index contributed by atoms with van der Waals surface area (Å²) in [5, 5.41) is 13.2. The van der Waals surface area contributed by atoms with Crippen molar-refractivity contribution < 1.29 is 5.11 Å². The van der Waals surface area contributed by atoms with Gasteiger partial charge in [0, 0.05) is 11.6 Å². The van der Waals surface area contributed by atoms with Crippen molar-refractivity contribution in [3.05, 3.63) is 29.8 Å². The molecule has 0 aliphatic carbocycles. The van der Waals surface area contributed by atoms with E-state index in [-0.39, 0.29) is 6.04 Å². The van der Waals surface area contributed by atoms with Gasteiger partial charge in [-0.2, -0.15) is 0 Å². The molecule has 1 aromatic carbocycles. The van der Waals surface area contributed by atoms with Gasteiger partial charge < -0.3 is 10.4 Å². The van der Waals surface area contributed by atoms with Crippen molar-refractivity contribution in [1.29, 1.82) is 0 Å². The van der Waals surface area contributed by atoms with Gasteiger partial charge in [-0.25, -0.2) is 0 Å². The highest BCUT2D eigenvalue weighted by Gasteiger charge is 2.07. The maximum absolute atomic E-state index is 9.77. The molecule has 108 valence electrons. The topological polar surface area (TPSA) is 32.3 Å². The lowest BCUT2D eigenvalue weighted by molar-refractivity contribution is 0.449. The first-order chi connectivity index (χ1) is 9.11. The standard InChI is InChI=1S/C17H29NO/c1-14(2)10-6-4-5-9-13-18-15(3)16-11-7-8-12-17(16)19/h7-8,11-12,14-15,18-19H,4-6,9-10,13H2,1-3H3. The molecular formula is C17H29NO. The van der Waals surface area contributed by atoms with Crippen LogP contribution in [-0.2, 0) is 0 Å². The van der Waals surface area contributed by atoms with Crippen molar-refractivity contribution in [2.75, 3.05) is 6.54 Å². The van der Waals surface area contributed by atoms with Crippen LogP contribution >= 0.6 is 0 Å². The number of rotatable bonds is 9. The average Bonchev–Trinajstić information content (AvgIpc) is 2.37. The Morgan fingerprint density at radius 3 is 2.37 bits per heavy atom. The highest BCUT2D eigenvalue weighted by atomic mass is 16.3. The number of phenols is 1. The Labute approximate surface area is 118 Å². The predicted octanol–water partition coefficient (Wildman–Crippen LogP) is 4.65. The van der Waals surface area contributed by atoms with Crippen molar-refractivity contribution in [3.8, 4) is 5.75 Å². The molecule has 0 aromatic heterocycles. The predicted molar refractivity (Wildman–Crippen MR) is 82.4 cm³/mol. The van der Waals surface area contributed by atoms with E-state index in [9.17, 15) is 5.11 Å². The zero-order valence-electron chi connectivity index (χ0n) is 12.7. The first-order valence-electron chi connectivity index (χ1n) is 7.62. The fraction of sp³-hybridized carbons (Fsp3) is 0.647. The summed E-state index contributed by atoms with van der Waals surface area (Å²) < 4.78 is 0. The van der Waals surface area contributed by atoms with Gasteiger partial charge in [-0.3, -0.25) is 0 Å². The molecule has 19 heavy (non-hydrogen) atoms. The lowest BCUT2D eigenvalue weighted by Crippen LogP contribution is -2.19. The van der Waals surface area contributed by atoms with Crippen molar-refractivity contribution >= 4 is 0 Å². The third-order valence-corrected chi connectivity index (χ3v) is 3.56. The lowest BCUT2D eigenvalue weighted by atomic mass is 10.0. The third kappa shape index (κ3) is 6.63. The van der Waals surface area contributed by atoms with Crippen LogP contribution in [0.15, 0.2) is 24.3 Å². The van der Waals surface area contributed by atoms with Crippen LogP contribution in [0.2, 0.25) is 0 Å². The van der Waals surface area contributed by atoms with Crippen LogP contribution in [0.1, 0.15) is 64.5 Å². The van der Waals surface area contributed by atoms with Crippen molar-refractivity contribution in [2.45, 2.75) is 58.9 Å². The van der Waals surface area contributed by atoms with Crippen LogP contribution in [0.3, 0.4) is 0 Å². The zero-order valence-corrected chi connectivity index (χ0v) is 12.7. The monoisotopic (exact) mass is 263 g/mol. The Kier molecular flexibility index (Phi) is 7.57. The molecule has 2 N–H and O–H groups in total. The summed E-state index contributed by atoms with van der Waals surface area (Å²) in [4.78, 5) is 0. The summed E-state index contributed by atoms with van der Waals surface area (Å²) in [5.41, 5.74) is 0.988. The smallest absolute Gasteiger partial charge is 0.120 e. The maximum atomic E-state index is 9.77. The van der Waals surface area contributed by atoms with Crippen molar-refractivity contribution in [1.82, 2.24) is 5.32 Å². The molecule has 2 heteroatoms. The number of hydrogen-bond donors (Lipinski definition) is 2. The Hall–Kier alpha value is -1.02. The van der Waals surface area contributed by atoms with Crippen LogP contribution in [-0.4, -0.2) is 11.7 Å². The Morgan fingerprint density at radius 2 is 1.68 bits per heavy atom. The number of nitrogens with one attached hydrogen (secondary N) is 1. The minimum absolute atomic E-state index is 0.219. The molecule has 0 aliphatic heterocycles. The van der Waals surface area contributed by atoms with Crippen LogP contribution in [0, 0.1) is 5.92 Å². The number of phenolic OH excluding ortho intramolecular Hbond substituents is 1. The van der Waals surface area contributed by atoms with Gasteiger partial charge in [0.2, 0.25) is 0 Å². The largest absolute Gasteiger partial charge is 0.508 e. The van der Waals surface area contributed by atoms with Gasteiger partial charge in [0.05, 0.1) is 0 Å². The Balaban J connectivity index is 2.11. The molecule has 2 nitrogen and oxygen atoms in total. The molecule has 1 unspecified atom stereocenters. The lowest BCUT2D eigenvalue weighted by Gasteiger charge is -2.15. The molecule has 0 heterocycles. The first kappa shape index (κ1) is 16.0. The Morgan fingerprint density at radius 1 is 1.00 bits per heavy atom. The summed E-state index contributed by atoms with van der Waals surface area (Å²) >= 11 is 0. The summed E-state index contributed by atoms with van der Waals surface area (Å²) in [7, 11) is 0. The molecule has 0 aliphatic rings. The highest BCUT2D eigenvalue weighted by Crippen LogP contribution is 2.22. The van der Waals surface area contributed by atoms with Crippen LogP contribution in [0.5, 0.6) is 5.75 Å². The SMILES string of the molecule is CC(C)CCCCCCNC(C)c1ccccc1O. The number of aromatic hydroxyl groups is 1. The van der Waals surface area contributed by atoms with E-state index in [4.69, 9.17) is 0 Å². The minimum atomic E-state index is 0.219. The van der Waals surface area contributed by atoms with Crippen LogP contribution in [0.4, 0.5) is 0 Å². The molecule has 0 saturated heterocycles. The van der Waals surface area contributed by atoms with Crippen LogP contribution in [0.25, 0.3) is 0 Å². The van der Waals surface area contributed by atoms with E-state index in [0.29, 0.717) is 5.75 Å². The number of hydrogen-bond acceptors (Lipinski definition) is 2. The number of para-hydroxylation sites is 1. The summed E-state index contributed by atoms with van der Waals surface area (Å²) in [6.45, 7) is 7.70. The van der Waals surface area contributed by atoms with E-state index in [1.54, 1.807) is 6.07 Å². The second-order valence-corrected chi connectivity index (χ2v) is 5.83. The second-order valence-electron chi connectivity index (χ2n) is 5.83. The van der Waals surface area contributed by atoms with E-state index in [0.717, 1.165) is 18.0 Å². The molecule has 0 bridgehead atoms. The first-order valence-corrected chi connectivity index (χ1v) is 7.62. The fourth-order valence-electron chi connectivity index (χ4n) is 2.31. The van der Waals surface area contributed by atoms with Crippen molar-refractivity contribution in [2.24, 2.45) is 5.92 Å². The van der Waals surface area contributed by atoms with Gasteiger partial charge in [0.1, 0.15) is 5.75 Å². The normalized spacial score (nSPS) is 12.8. The quantitative estimate of drug-likeness (QED) is 0.636. The van der Waals surface area contributed by atoms with Gasteiger partial charge in [-0.15, -0.1) is 0 Å². The zero-order chi connectivity index (χ0) is 14.1. The number of benzene rings is 1. The molecule has 0 saturated carbocycles. The third-order valence-electron chi connectivity index (χ3n) is 3.56. The summed E-state index contributed by atoms with van der Waals surface area (Å²) in [6.07, 6.45) is 6.56. The van der Waals surface area contributed by atoms with Crippen molar-refractivity contribution in [3.63, 3.8) is 0 Å². The van der Waals surface area contributed by atoms with Gasteiger partial charge in [0.25, 0.3) is 0 Å². The van der Waals surface area contributed by atoms with Gasteiger partial charge in [0.15, 0.2) is 0 Å². The van der Waals surface area contributed by atoms with Gasteiger partial charge in [-0.05, 0) is 31.9 Å².